The van der Waals surface area contributed by atoms with Gasteiger partial charge in [0, 0.05) is 40.1 Å². The predicted octanol–water partition coefficient (Wildman–Crippen LogP) is 3.00. The molecule has 0 saturated carbocycles. The fourth-order valence-corrected chi connectivity index (χ4v) is 5.61. The van der Waals surface area contributed by atoms with E-state index in [4.69, 9.17) is 9.47 Å². The molecule has 3 rings (SSSR count). The van der Waals surface area contributed by atoms with Crippen LogP contribution >= 0.6 is 0 Å². The van der Waals surface area contributed by atoms with Crippen LogP contribution in [0.1, 0.15) is 74.7 Å². The van der Waals surface area contributed by atoms with Gasteiger partial charge in [0.25, 0.3) is 5.91 Å². The molecule has 1 aliphatic rings. The number of methoxy groups -OCH3 is 1. The van der Waals surface area contributed by atoms with Gasteiger partial charge in [0.2, 0.25) is 23.6 Å². The highest BCUT2D eigenvalue weighted by atomic mass is 16.5. The fourth-order valence-electron chi connectivity index (χ4n) is 5.61. The van der Waals surface area contributed by atoms with E-state index in [2.05, 4.69) is 21.3 Å². The van der Waals surface area contributed by atoms with Crippen LogP contribution in [0.4, 0.5) is 0 Å². The molecule has 1 aliphatic heterocycles. The third kappa shape index (κ3) is 13.5. The zero-order valence-electron chi connectivity index (χ0n) is 29.3. The minimum Gasteiger partial charge on any atom is -0.493 e. The van der Waals surface area contributed by atoms with Crippen molar-refractivity contribution in [1.82, 2.24) is 26.2 Å². The number of benzene rings is 2. The molecular weight excluding hydrogens is 626 g/mol. The lowest BCUT2D eigenvalue weighted by Crippen LogP contribution is -2.55. The van der Waals surface area contributed by atoms with Crippen molar-refractivity contribution in [3.05, 3.63) is 65.7 Å². The summed E-state index contributed by atoms with van der Waals surface area (Å²) in [5, 5.41) is 11.3. The molecule has 268 valence electrons. The molecule has 0 bridgehead atoms. The van der Waals surface area contributed by atoms with Crippen LogP contribution in [-0.4, -0.2) is 93.0 Å². The van der Waals surface area contributed by atoms with E-state index in [0.29, 0.717) is 25.3 Å². The quantitative estimate of drug-likeness (QED) is 0.313. The molecule has 2 aromatic carbocycles. The Hall–Kier alpha value is -4.45. The van der Waals surface area contributed by atoms with Gasteiger partial charge in [0.15, 0.2) is 0 Å². The van der Waals surface area contributed by atoms with Crippen molar-refractivity contribution in [2.75, 3.05) is 40.5 Å². The maximum absolute atomic E-state index is 13.8. The first kappa shape index (κ1) is 39.0. The number of amides is 5. The molecule has 49 heavy (non-hydrogen) atoms. The van der Waals surface area contributed by atoms with Crippen molar-refractivity contribution >= 4 is 29.5 Å². The number of ether oxygens (including phenoxy) is 2. The summed E-state index contributed by atoms with van der Waals surface area (Å²) in [5.41, 5.74) is 1.11. The number of para-hydroxylation sites is 1. The predicted molar refractivity (Wildman–Crippen MR) is 187 cm³/mol. The molecule has 0 radical (unpaired) electrons. The van der Waals surface area contributed by atoms with Crippen LogP contribution in [0.25, 0.3) is 0 Å². The van der Waals surface area contributed by atoms with Crippen LogP contribution in [-0.2, 0) is 30.3 Å². The molecule has 0 spiro atoms. The van der Waals surface area contributed by atoms with E-state index < -0.39 is 41.8 Å². The Kier molecular flexibility index (Phi) is 16.6. The summed E-state index contributed by atoms with van der Waals surface area (Å²) >= 11 is 0. The average molecular weight is 680 g/mol. The third-order valence-corrected chi connectivity index (χ3v) is 8.30. The first-order valence-electron chi connectivity index (χ1n) is 17.3. The van der Waals surface area contributed by atoms with Crippen LogP contribution in [0, 0.1) is 5.92 Å². The lowest BCUT2D eigenvalue weighted by atomic mass is 10.0. The maximum Gasteiger partial charge on any atom is 0.255 e. The van der Waals surface area contributed by atoms with E-state index in [9.17, 15) is 24.0 Å². The van der Waals surface area contributed by atoms with Gasteiger partial charge in [0.1, 0.15) is 23.9 Å². The van der Waals surface area contributed by atoms with Crippen LogP contribution in [0.5, 0.6) is 5.75 Å². The lowest BCUT2D eigenvalue weighted by Gasteiger charge is -2.28. The molecule has 0 saturated heterocycles. The molecule has 0 aliphatic carbocycles. The molecule has 12 nitrogen and oxygen atoms in total. The Morgan fingerprint density at radius 1 is 0.939 bits per heavy atom. The minimum absolute atomic E-state index is 0.0294. The Morgan fingerprint density at radius 2 is 1.65 bits per heavy atom. The van der Waals surface area contributed by atoms with Gasteiger partial charge in [0.05, 0.1) is 18.8 Å². The zero-order chi connectivity index (χ0) is 35.6. The number of hydrogen-bond donors (Lipinski definition) is 4. The minimum atomic E-state index is -1.05. The summed E-state index contributed by atoms with van der Waals surface area (Å²) in [6.45, 7) is 5.41. The largest absolute Gasteiger partial charge is 0.493 e. The third-order valence-electron chi connectivity index (χ3n) is 8.30. The van der Waals surface area contributed by atoms with Gasteiger partial charge < -0.3 is 35.6 Å². The molecule has 1 heterocycles. The molecule has 12 heteroatoms. The Morgan fingerprint density at radius 3 is 2.39 bits per heavy atom. The summed E-state index contributed by atoms with van der Waals surface area (Å²) in [6, 6.07) is 13.3. The number of hydrogen-bond acceptors (Lipinski definition) is 7. The molecule has 4 N–H and O–H groups in total. The number of carbonyl (C=O) groups excluding carboxylic acids is 5. The second-order valence-corrected chi connectivity index (χ2v) is 12.9. The highest BCUT2D eigenvalue weighted by Gasteiger charge is 2.30. The second-order valence-electron chi connectivity index (χ2n) is 12.9. The van der Waals surface area contributed by atoms with Gasteiger partial charge in [-0.1, -0.05) is 69.2 Å². The monoisotopic (exact) mass is 679 g/mol. The number of rotatable bonds is 8. The summed E-state index contributed by atoms with van der Waals surface area (Å²) in [5.74, 6) is -1.56. The van der Waals surface area contributed by atoms with Gasteiger partial charge in [-0.25, -0.2) is 0 Å². The number of fused-ring (bicyclic) bond motifs is 1. The van der Waals surface area contributed by atoms with Gasteiger partial charge in [-0.2, -0.15) is 0 Å². The standard InChI is InChI=1S/C37H53N5O7/c1-26(2)24-31-37(47)42(3)21-12-5-6-13-22-49-32-17-11-10-16-28(32)34(44)40-29(35(45)38-20-23-48-4)18-19-33(43)39-30(36(46)41-31)25-27-14-8-7-9-15-27/h7-11,14-17,26,29-31H,5-6,12-13,18-25H2,1-4H3,(H,38,45)(H,39,43)(H,40,44)(H,41,46)/t29-,30-,31-/m0/s1. The summed E-state index contributed by atoms with van der Waals surface area (Å²) in [4.78, 5) is 69.1. The van der Waals surface area contributed by atoms with Crippen LogP contribution < -0.4 is 26.0 Å². The van der Waals surface area contributed by atoms with Crippen molar-refractivity contribution < 1.29 is 33.4 Å². The highest BCUT2D eigenvalue weighted by molar-refractivity contribution is 6.00. The van der Waals surface area contributed by atoms with Crippen molar-refractivity contribution in [3.8, 4) is 5.75 Å². The molecule has 0 fully saturated rings. The maximum atomic E-state index is 13.8. The zero-order valence-corrected chi connectivity index (χ0v) is 29.3. The van der Waals surface area contributed by atoms with Gasteiger partial charge in [-0.3, -0.25) is 24.0 Å². The number of nitrogens with one attached hydrogen (secondary N) is 4. The van der Waals surface area contributed by atoms with Crippen molar-refractivity contribution in [3.63, 3.8) is 0 Å². The molecule has 0 aromatic heterocycles. The lowest BCUT2D eigenvalue weighted by molar-refractivity contribution is -0.137. The van der Waals surface area contributed by atoms with E-state index in [0.717, 1.165) is 31.2 Å². The Bertz CT molecular complexity index is 1370. The first-order chi connectivity index (χ1) is 23.6. The molecule has 0 unspecified atom stereocenters. The molecule has 5 amide bonds. The Balaban J connectivity index is 1.89. The second kappa shape index (κ2) is 20.8. The number of carbonyl (C=O) groups is 5. The van der Waals surface area contributed by atoms with Gasteiger partial charge >= 0.3 is 0 Å². The summed E-state index contributed by atoms with van der Waals surface area (Å²) < 4.78 is 11.0. The molecule has 2 aromatic rings. The van der Waals surface area contributed by atoms with Crippen LogP contribution in [0.2, 0.25) is 0 Å². The van der Waals surface area contributed by atoms with Gasteiger partial charge in [-0.05, 0) is 49.3 Å². The van der Waals surface area contributed by atoms with E-state index in [1.165, 1.54) is 7.11 Å². The number of nitrogens with zero attached hydrogens (tertiary/aromatic N) is 1. The topological polar surface area (TPSA) is 155 Å². The van der Waals surface area contributed by atoms with Crippen molar-refractivity contribution in [2.24, 2.45) is 5.92 Å². The van der Waals surface area contributed by atoms with E-state index in [-0.39, 0.29) is 49.8 Å². The Labute approximate surface area is 290 Å². The first-order valence-corrected chi connectivity index (χ1v) is 17.3. The van der Waals surface area contributed by atoms with Crippen LogP contribution in [0.15, 0.2) is 54.6 Å². The summed E-state index contributed by atoms with van der Waals surface area (Å²) in [6.07, 6.45) is 3.73. The smallest absolute Gasteiger partial charge is 0.255 e. The van der Waals surface area contributed by atoms with E-state index >= 15 is 0 Å². The van der Waals surface area contributed by atoms with Crippen LogP contribution in [0.3, 0.4) is 0 Å². The summed E-state index contributed by atoms with van der Waals surface area (Å²) in [7, 11) is 3.26. The number of likely N-dealkylation sites (N-methyl/N-ethyl adjacent to an activating group) is 1. The SMILES string of the molecule is COCCNC(=O)[C@@H]1CCC(=O)N[C@@H](Cc2ccccc2)C(=O)N[C@@H](CC(C)C)C(=O)N(C)CCCCCCOc2ccccc2C(=O)N1. The van der Waals surface area contributed by atoms with Crippen molar-refractivity contribution in [1.29, 1.82) is 0 Å². The van der Waals surface area contributed by atoms with E-state index in [1.54, 1.807) is 36.2 Å². The normalized spacial score (nSPS) is 20.8. The van der Waals surface area contributed by atoms with E-state index in [1.807, 2.05) is 44.2 Å². The highest BCUT2D eigenvalue weighted by Crippen LogP contribution is 2.19. The average Bonchev–Trinajstić information content (AvgIpc) is 3.08. The fraction of sp³-hybridized carbons (Fsp3) is 0.541. The molecular formula is C37H53N5O7. The van der Waals surface area contributed by atoms with Crippen molar-refractivity contribution in [2.45, 2.75) is 83.3 Å². The van der Waals surface area contributed by atoms with Gasteiger partial charge in [-0.15, -0.1) is 0 Å². The molecule has 3 atom stereocenters.